The van der Waals surface area contributed by atoms with Crippen molar-refractivity contribution in [3.63, 3.8) is 0 Å². The summed E-state index contributed by atoms with van der Waals surface area (Å²) in [7, 11) is 0. The van der Waals surface area contributed by atoms with Gasteiger partial charge in [-0.25, -0.2) is 4.39 Å². The van der Waals surface area contributed by atoms with Gasteiger partial charge in [-0.05, 0) is 48.4 Å². The topological polar surface area (TPSA) is 21.3 Å². The van der Waals surface area contributed by atoms with Crippen LogP contribution >= 0.6 is 15.9 Å². The Kier molecular flexibility index (Phi) is 5.37. The zero-order chi connectivity index (χ0) is 15.4. The summed E-state index contributed by atoms with van der Waals surface area (Å²) in [6.07, 6.45) is 0. The molecule has 0 bridgehead atoms. The van der Waals surface area contributed by atoms with E-state index in [2.05, 4.69) is 35.1 Å². The first kappa shape index (κ1) is 16.0. The molecule has 2 rings (SSSR count). The number of halogens is 2. The van der Waals surface area contributed by atoms with Gasteiger partial charge in [-0.15, -0.1) is 0 Å². The lowest BCUT2D eigenvalue weighted by Gasteiger charge is -2.11. The molecule has 1 N–H and O–H groups in total. The molecule has 0 fully saturated rings. The Balaban J connectivity index is 2.11. The highest BCUT2D eigenvalue weighted by atomic mass is 79.9. The Morgan fingerprint density at radius 2 is 1.95 bits per heavy atom. The Bertz CT molecular complexity index is 628. The third-order valence-electron chi connectivity index (χ3n) is 3.07. The van der Waals surface area contributed by atoms with Crippen molar-refractivity contribution >= 4 is 15.9 Å². The molecule has 4 heteroatoms. The first-order valence-electron chi connectivity index (χ1n) is 6.91. The van der Waals surface area contributed by atoms with E-state index < -0.39 is 0 Å². The second-order valence-electron chi connectivity index (χ2n) is 5.31. The molecule has 0 amide bonds. The highest BCUT2D eigenvalue weighted by molar-refractivity contribution is 9.10. The van der Waals surface area contributed by atoms with Gasteiger partial charge in [0.25, 0.3) is 0 Å². The fourth-order valence-corrected chi connectivity index (χ4v) is 2.11. The van der Waals surface area contributed by atoms with Crippen LogP contribution in [0, 0.1) is 12.7 Å². The number of benzene rings is 2. The lowest BCUT2D eigenvalue weighted by Crippen LogP contribution is -2.21. The van der Waals surface area contributed by atoms with Gasteiger partial charge in [0.05, 0.1) is 0 Å². The summed E-state index contributed by atoms with van der Waals surface area (Å²) < 4.78 is 20.7. The van der Waals surface area contributed by atoms with Crippen LogP contribution in [0.2, 0.25) is 0 Å². The molecule has 2 aromatic carbocycles. The molecule has 0 aliphatic carbocycles. The molecule has 0 atom stereocenters. The van der Waals surface area contributed by atoms with E-state index in [0.717, 1.165) is 15.6 Å². The van der Waals surface area contributed by atoms with Gasteiger partial charge in [-0.1, -0.05) is 35.8 Å². The Labute approximate surface area is 133 Å². The highest BCUT2D eigenvalue weighted by Gasteiger charge is 2.07. The number of ether oxygens (including phenoxy) is 1. The maximum atomic E-state index is 14.1. The van der Waals surface area contributed by atoms with E-state index in [4.69, 9.17) is 4.74 Å². The summed E-state index contributed by atoms with van der Waals surface area (Å²) in [5.41, 5.74) is 1.95. The normalized spacial score (nSPS) is 11.0. The number of rotatable bonds is 5. The van der Waals surface area contributed by atoms with Crippen LogP contribution in [0.4, 0.5) is 4.39 Å². The average Bonchev–Trinajstić information content (AvgIpc) is 2.43. The SMILES string of the molecule is Cc1cc(Oc2ccc(CNC(C)C)cc2F)ccc1Br. The van der Waals surface area contributed by atoms with Crippen molar-refractivity contribution < 1.29 is 9.13 Å². The fourth-order valence-electron chi connectivity index (χ4n) is 1.87. The maximum Gasteiger partial charge on any atom is 0.166 e. The number of hydrogen-bond acceptors (Lipinski definition) is 2. The third-order valence-corrected chi connectivity index (χ3v) is 3.96. The molecule has 0 spiro atoms. The summed E-state index contributed by atoms with van der Waals surface area (Å²) in [5, 5.41) is 3.26. The van der Waals surface area contributed by atoms with Crippen molar-refractivity contribution in [1.82, 2.24) is 5.32 Å². The molecule has 0 radical (unpaired) electrons. The minimum absolute atomic E-state index is 0.241. The van der Waals surface area contributed by atoms with Gasteiger partial charge in [0.2, 0.25) is 0 Å². The van der Waals surface area contributed by atoms with Gasteiger partial charge >= 0.3 is 0 Å². The van der Waals surface area contributed by atoms with Crippen molar-refractivity contribution in [3.05, 3.63) is 57.8 Å². The third kappa shape index (κ3) is 4.55. The van der Waals surface area contributed by atoms with Crippen LogP contribution in [0.1, 0.15) is 25.0 Å². The van der Waals surface area contributed by atoms with Crippen LogP contribution in [0.25, 0.3) is 0 Å². The van der Waals surface area contributed by atoms with Crippen LogP contribution in [-0.4, -0.2) is 6.04 Å². The van der Waals surface area contributed by atoms with Crippen LogP contribution in [0.3, 0.4) is 0 Å². The van der Waals surface area contributed by atoms with Crippen molar-refractivity contribution in [3.8, 4) is 11.5 Å². The maximum absolute atomic E-state index is 14.1. The molecule has 0 aromatic heterocycles. The van der Waals surface area contributed by atoms with Crippen molar-refractivity contribution in [1.29, 1.82) is 0 Å². The summed E-state index contributed by atoms with van der Waals surface area (Å²) in [6, 6.07) is 11.0. The Morgan fingerprint density at radius 1 is 1.19 bits per heavy atom. The quantitative estimate of drug-likeness (QED) is 0.800. The molecule has 0 heterocycles. The molecule has 21 heavy (non-hydrogen) atoms. The van der Waals surface area contributed by atoms with Gasteiger partial charge < -0.3 is 10.1 Å². The van der Waals surface area contributed by atoms with Crippen molar-refractivity contribution in [2.75, 3.05) is 0 Å². The number of nitrogens with one attached hydrogen (secondary N) is 1. The van der Waals surface area contributed by atoms with E-state index in [1.165, 1.54) is 6.07 Å². The number of hydrogen-bond donors (Lipinski definition) is 1. The van der Waals surface area contributed by atoms with E-state index in [0.29, 0.717) is 18.3 Å². The van der Waals surface area contributed by atoms with E-state index in [-0.39, 0.29) is 11.6 Å². The molecule has 2 aromatic rings. The van der Waals surface area contributed by atoms with Gasteiger partial charge in [0.1, 0.15) is 5.75 Å². The van der Waals surface area contributed by atoms with Crippen molar-refractivity contribution in [2.45, 2.75) is 33.4 Å². The monoisotopic (exact) mass is 351 g/mol. The average molecular weight is 352 g/mol. The van der Waals surface area contributed by atoms with Gasteiger partial charge in [-0.2, -0.15) is 0 Å². The van der Waals surface area contributed by atoms with E-state index in [1.807, 2.05) is 31.2 Å². The summed E-state index contributed by atoms with van der Waals surface area (Å²) in [5.74, 6) is 0.520. The fraction of sp³-hybridized carbons (Fsp3) is 0.294. The zero-order valence-corrected chi connectivity index (χ0v) is 14.0. The minimum atomic E-state index is -0.348. The Hall–Kier alpha value is -1.39. The minimum Gasteiger partial charge on any atom is -0.454 e. The number of aryl methyl sites for hydroxylation is 1. The van der Waals surface area contributed by atoms with E-state index in [9.17, 15) is 4.39 Å². The molecule has 112 valence electrons. The lowest BCUT2D eigenvalue weighted by atomic mass is 10.2. The molecule has 0 aliphatic heterocycles. The van der Waals surface area contributed by atoms with Gasteiger partial charge in [0, 0.05) is 17.1 Å². The van der Waals surface area contributed by atoms with Crippen molar-refractivity contribution in [2.24, 2.45) is 0 Å². The molecule has 0 saturated heterocycles. The molecular formula is C17H19BrFNO. The van der Waals surface area contributed by atoms with Crippen LogP contribution in [0.15, 0.2) is 40.9 Å². The molecule has 0 unspecified atom stereocenters. The predicted molar refractivity (Wildman–Crippen MR) is 87.3 cm³/mol. The summed E-state index contributed by atoms with van der Waals surface area (Å²) in [6.45, 7) is 6.73. The summed E-state index contributed by atoms with van der Waals surface area (Å²) >= 11 is 3.43. The summed E-state index contributed by atoms with van der Waals surface area (Å²) in [4.78, 5) is 0. The van der Waals surface area contributed by atoms with Crippen LogP contribution < -0.4 is 10.1 Å². The largest absolute Gasteiger partial charge is 0.454 e. The lowest BCUT2D eigenvalue weighted by molar-refractivity contribution is 0.441. The Morgan fingerprint density at radius 3 is 2.57 bits per heavy atom. The predicted octanol–water partition coefficient (Wildman–Crippen LogP) is 5.19. The van der Waals surface area contributed by atoms with Crippen LogP contribution in [-0.2, 0) is 6.54 Å². The van der Waals surface area contributed by atoms with Gasteiger partial charge in [-0.3, -0.25) is 0 Å². The first-order valence-corrected chi connectivity index (χ1v) is 7.71. The second-order valence-corrected chi connectivity index (χ2v) is 6.17. The standard InChI is InChI=1S/C17H19BrFNO/c1-11(2)20-10-13-4-7-17(16(19)9-13)21-14-5-6-15(18)12(3)8-14/h4-9,11,20H,10H2,1-3H3. The first-order chi connectivity index (χ1) is 9.95. The molecule has 0 saturated carbocycles. The van der Waals surface area contributed by atoms with E-state index in [1.54, 1.807) is 6.07 Å². The molecule has 2 nitrogen and oxygen atoms in total. The zero-order valence-electron chi connectivity index (χ0n) is 12.4. The van der Waals surface area contributed by atoms with Gasteiger partial charge in [0.15, 0.2) is 11.6 Å². The molecule has 0 aliphatic rings. The second kappa shape index (κ2) is 7.05. The highest BCUT2D eigenvalue weighted by Crippen LogP contribution is 2.28. The van der Waals surface area contributed by atoms with E-state index >= 15 is 0 Å². The van der Waals surface area contributed by atoms with Crippen LogP contribution in [0.5, 0.6) is 11.5 Å². The smallest absolute Gasteiger partial charge is 0.166 e. The molecular weight excluding hydrogens is 333 g/mol.